The molecule has 7 nitrogen and oxygen atoms in total. The Labute approximate surface area is 131 Å². The van der Waals surface area contributed by atoms with Crippen molar-refractivity contribution in [3.05, 3.63) is 39.4 Å². The average Bonchev–Trinajstić information content (AvgIpc) is 2.41. The Kier molecular flexibility index (Phi) is 9.55. The average molecular weight is 333 g/mol. The molecule has 0 aromatic heterocycles. The summed E-state index contributed by atoms with van der Waals surface area (Å²) in [6.45, 7) is 6.87. The number of rotatable bonds is 7. The third-order valence-electron chi connectivity index (χ3n) is 2.57. The van der Waals surface area contributed by atoms with E-state index < -0.39 is 10.1 Å². The maximum absolute atomic E-state index is 10.4. The monoisotopic (exact) mass is 333 g/mol. The van der Waals surface area contributed by atoms with Gasteiger partial charge in [-0.2, -0.15) is 8.42 Å². The lowest BCUT2D eigenvalue weighted by Gasteiger charge is -2.01. The Morgan fingerprint density at radius 3 is 2.23 bits per heavy atom. The molecule has 126 valence electrons. The lowest BCUT2D eigenvalue weighted by molar-refractivity contribution is -0.384. The molecule has 0 radical (unpaired) electrons. The molecule has 0 saturated heterocycles. The van der Waals surface area contributed by atoms with Crippen molar-refractivity contribution in [1.82, 2.24) is 0 Å². The Bertz CT molecular complexity index is 571. The van der Waals surface area contributed by atoms with Crippen molar-refractivity contribution in [3.63, 3.8) is 0 Å². The molecule has 0 N–H and O–H groups in total. The third kappa shape index (κ3) is 10.3. The van der Waals surface area contributed by atoms with Crippen LogP contribution in [0.2, 0.25) is 0 Å². The Morgan fingerprint density at radius 2 is 1.77 bits per heavy atom. The molecular formula is C14H23NO6S. The van der Waals surface area contributed by atoms with Crippen LogP contribution >= 0.6 is 0 Å². The number of nitro benzene ring substituents is 1. The van der Waals surface area contributed by atoms with Gasteiger partial charge in [-0.3, -0.25) is 14.3 Å². The predicted octanol–water partition coefficient (Wildman–Crippen LogP) is 2.60. The minimum atomic E-state index is -3.29. The molecule has 0 aliphatic rings. The zero-order valence-corrected chi connectivity index (χ0v) is 14.2. The van der Waals surface area contributed by atoms with E-state index in [1.807, 2.05) is 20.8 Å². The van der Waals surface area contributed by atoms with E-state index in [0.717, 1.165) is 23.8 Å². The van der Waals surface area contributed by atoms with Gasteiger partial charge in [0.1, 0.15) is 0 Å². The van der Waals surface area contributed by atoms with E-state index in [0.29, 0.717) is 13.2 Å². The summed E-state index contributed by atoms with van der Waals surface area (Å²) in [6.07, 6.45) is 1.95. The van der Waals surface area contributed by atoms with Gasteiger partial charge in [-0.1, -0.05) is 13.0 Å². The molecule has 0 saturated carbocycles. The normalized spacial score (nSPS) is 10.7. The fourth-order valence-corrected chi connectivity index (χ4v) is 1.70. The Hall–Kier alpha value is -1.51. The molecular weight excluding hydrogens is 310 g/mol. The maximum Gasteiger partial charge on any atom is 0.269 e. The van der Waals surface area contributed by atoms with Crippen molar-refractivity contribution in [1.29, 1.82) is 0 Å². The summed E-state index contributed by atoms with van der Waals surface area (Å²) in [5.74, 6) is 0. The van der Waals surface area contributed by atoms with Crippen LogP contribution in [0.25, 0.3) is 0 Å². The van der Waals surface area contributed by atoms with Crippen LogP contribution in [0.1, 0.15) is 24.5 Å². The molecule has 1 aromatic rings. The Balaban J connectivity index is 0.000000401. The minimum Gasteiger partial charge on any atom is -0.379 e. The van der Waals surface area contributed by atoms with Gasteiger partial charge in [0.05, 0.1) is 24.4 Å². The van der Waals surface area contributed by atoms with E-state index in [1.54, 1.807) is 12.1 Å². The SMILES string of the molecule is CCCOCCOS(C)(=O)=O.Cc1ccc([N+](=O)[O-])cc1C. The molecule has 0 aliphatic carbocycles. The van der Waals surface area contributed by atoms with Gasteiger partial charge in [-0.25, -0.2) is 0 Å². The zero-order chi connectivity index (χ0) is 17.2. The predicted molar refractivity (Wildman–Crippen MR) is 84.5 cm³/mol. The first-order valence-corrected chi connectivity index (χ1v) is 8.62. The maximum atomic E-state index is 10.4. The van der Waals surface area contributed by atoms with Crippen LogP contribution in [0.3, 0.4) is 0 Å². The first-order chi connectivity index (χ1) is 10.2. The van der Waals surface area contributed by atoms with Crippen LogP contribution in [-0.2, 0) is 19.0 Å². The molecule has 0 bridgehead atoms. The van der Waals surface area contributed by atoms with E-state index in [1.165, 1.54) is 6.07 Å². The van der Waals surface area contributed by atoms with Gasteiger partial charge >= 0.3 is 0 Å². The smallest absolute Gasteiger partial charge is 0.269 e. The quantitative estimate of drug-likeness (QED) is 0.329. The van der Waals surface area contributed by atoms with Gasteiger partial charge in [-0.05, 0) is 31.4 Å². The summed E-state index contributed by atoms with van der Waals surface area (Å²) in [7, 11) is -3.29. The molecule has 0 amide bonds. The highest BCUT2D eigenvalue weighted by Gasteiger charge is 2.04. The summed E-state index contributed by atoms with van der Waals surface area (Å²) in [4.78, 5) is 9.89. The number of hydrogen-bond acceptors (Lipinski definition) is 6. The van der Waals surface area contributed by atoms with Gasteiger partial charge in [0.25, 0.3) is 15.8 Å². The number of nitrogens with zero attached hydrogens (tertiary/aromatic N) is 1. The molecule has 0 atom stereocenters. The number of benzene rings is 1. The summed E-state index contributed by atoms with van der Waals surface area (Å²) >= 11 is 0. The summed E-state index contributed by atoms with van der Waals surface area (Å²) in [6, 6.07) is 4.85. The van der Waals surface area contributed by atoms with Crippen molar-refractivity contribution in [2.24, 2.45) is 0 Å². The second kappa shape index (κ2) is 10.3. The molecule has 0 unspecified atom stereocenters. The van der Waals surface area contributed by atoms with E-state index in [-0.39, 0.29) is 17.2 Å². The van der Waals surface area contributed by atoms with Crippen molar-refractivity contribution in [2.45, 2.75) is 27.2 Å². The van der Waals surface area contributed by atoms with Crippen LogP contribution in [0.5, 0.6) is 0 Å². The first-order valence-electron chi connectivity index (χ1n) is 6.81. The zero-order valence-electron chi connectivity index (χ0n) is 13.4. The fraction of sp³-hybridized carbons (Fsp3) is 0.571. The molecule has 8 heteroatoms. The molecule has 0 heterocycles. The third-order valence-corrected chi connectivity index (χ3v) is 3.17. The van der Waals surface area contributed by atoms with E-state index in [9.17, 15) is 18.5 Å². The number of aryl methyl sites for hydroxylation is 2. The van der Waals surface area contributed by atoms with Crippen LogP contribution in [0.15, 0.2) is 18.2 Å². The van der Waals surface area contributed by atoms with Gasteiger partial charge in [0.2, 0.25) is 0 Å². The number of non-ortho nitro benzene ring substituents is 1. The lowest BCUT2D eigenvalue weighted by atomic mass is 10.1. The summed E-state index contributed by atoms with van der Waals surface area (Å²) in [5, 5.41) is 10.3. The molecule has 1 aromatic carbocycles. The van der Waals surface area contributed by atoms with Crippen LogP contribution in [-0.4, -0.2) is 39.4 Å². The lowest BCUT2D eigenvalue weighted by Crippen LogP contribution is -2.09. The van der Waals surface area contributed by atoms with Crippen molar-refractivity contribution in [3.8, 4) is 0 Å². The largest absolute Gasteiger partial charge is 0.379 e. The number of nitro groups is 1. The van der Waals surface area contributed by atoms with Crippen molar-refractivity contribution < 1.29 is 22.3 Å². The second-order valence-corrected chi connectivity index (χ2v) is 6.31. The van der Waals surface area contributed by atoms with Crippen LogP contribution in [0.4, 0.5) is 5.69 Å². The molecule has 1 rings (SSSR count). The molecule has 0 aliphatic heterocycles. The summed E-state index contributed by atoms with van der Waals surface area (Å²) < 4.78 is 30.2. The highest BCUT2D eigenvalue weighted by Crippen LogP contribution is 2.15. The van der Waals surface area contributed by atoms with E-state index in [2.05, 4.69) is 4.18 Å². The number of ether oxygens (including phenoxy) is 1. The van der Waals surface area contributed by atoms with Crippen LogP contribution in [0, 0.1) is 24.0 Å². The second-order valence-electron chi connectivity index (χ2n) is 4.66. The van der Waals surface area contributed by atoms with Crippen molar-refractivity contribution in [2.75, 3.05) is 26.1 Å². The molecule has 0 fully saturated rings. The Morgan fingerprint density at radius 1 is 1.14 bits per heavy atom. The highest BCUT2D eigenvalue weighted by atomic mass is 32.2. The minimum absolute atomic E-state index is 0.110. The first kappa shape index (κ1) is 20.5. The summed E-state index contributed by atoms with van der Waals surface area (Å²) in [5.41, 5.74) is 2.20. The van der Waals surface area contributed by atoms with Gasteiger partial charge in [0.15, 0.2) is 0 Å². The fourth-order valence-electron chi connectivity index (χ4n) is 1.33. The van der Waals surface area contributed by atoms with Gasteiger partial charge in [-0.15, -0.1) is 0 Å². The molecule has 22 heavy (non-hydrogen) atoms. The van der Waals surface area contributed by atoms with Gasteiger partial charge < -0.3 is 4.74 Å². The van der Waals surface area contributed by atoms with Gasteiger partial charge in [0, 0.05) is 18.7 Å². The molecule has 0 spiro atoms. The van der Waals surface area contributed by atoms with Crippen molar-refractivity contribution >= 4 is 15.8 Å². The number of hydrogen-bond donors (Lipinski definition) is 0. The van der Waals surface area contributed by atoms with E-state index >= 15 is 0 Å². The van der Waals surface area contributed by atoms with Crippen LogP contribution < -0.4 is 0 Å². The topological polar surface area (TPSA) is 95.7 Å². The standard InChI is InChI=1S/C8H9NO2.C6H14O4S/c1-6-3-4-8(9(10)11)5-7(6)2;1-3-4-9-5-6-10-11(2,7)8/h3-5H,1-2H3;3-6H2,1-2H3. The highest BCUT2D eigenvalue weighted by molar-refractivity contribution is 7.85. The van der Waals surface area contributed by atoms with E-state index in [4.69, 9.17) is 4.74 Å².